The molecule has 154 valence electrons. The van der Waals surface area contributed by atoms with Gasteiger partial charge < -0.3 is 19.6 Å². The summed E-state index contributed by atoms with van der Waals surface area (Å²) < 4.78 is 7.88. The molecule has 5 aromatic rings. The van der Waals surface area contributed by atoms with E-state index in [0.29, 0.717) is 35.2 Å². The lowest BCUT2D eigenvalue weighted by molar-refractivity contribution is 0.0946. The summed E-state index contributed by atoms with van der Waals surface area (Å²) in [6.07, 6.45) is 3.32. The number of imidazole rings is 1. The minimum absolute atomic E-state index is 0.227. The lowest BCUT2D eigenvalue weighted by Crippen LogP contribution is -2.23. The largest absolute Gasteiger partial charge is 0.418 e. The number of nitrogens with one attached hydrogen (secondary N) is 2. The number of carbonyl (C=O) groups is 1. The number of pyridine rings is 2. The fourth-order valence-electron chi connectivity index (χ4n) is 3.46. The summed E-state index contributed by atoms with van der Waals surface area (Å²) in [5, 5.41) is 5.93. The van der Waals surface area contributed by atoms with Gasteiger partial charge in [0.05, 0.1) is 6.33 Å². The first-order chi connectivity index (χ1) is 15.1. The van der Waals surface area contributed by atoms with Crippen LogP contribution in [0.25, 0.3) is 33.7 Å². The molecule has 0 saturated heterocycles. The average molecular weight is 413 g/mol. The predicted molar refractivity (Wildman–Crippen MR) is 116 cm³/mol. The van der Waals surface area contributed by atoms with Gasteiger partial charge in [-0.3, -0.25) is 9.78 Å². The highest BCUT2D eigenvalue weighted by atomic mass is 16.4. The molecular weight excluding hydrogens is 394 g/mol. The molecule has 2 N–H and O–H groups in total. The van der Waals surface area contributed by atoms with Crippen LogP contribution >= 0.6 is 0 Å². The Bertz CT molecular complexity index is 1410. The van der Waals surface area contributed by atoms with Crippen LogP contribution < -0.4 is 10.6 Å². The van der Waals surface area contributed by atoms with Crippen molar-refractivity contribution in [3.05, 3.63) is 66.2 Å². The van der Waals surface area contributed by atoms with Crippen LogP contribution in [0.4, 0.5) is 5.82 Å². The summed E-state index contributed by atoms with van der Waals surface area (Å²) in [7, 11) is 3.70. The van der Waals surface area contributed by atoms with Gasteiger partial charge in [0.25, 0.3) is 11.6 Å². The summed E-state index contributed by atoms with van der Waals surface area (Å²) >= 11 is 0. The molecule has 0 saturated carbocycles. The van der Waals surface area contributed by atoms with Gasteiger partial charge in [0.1, 0.15) is 16.7 Å². The quantitative estimate of drug-likeness (QED) is 0.455. The molecule has 9 heteroatoms. The first-order valence-corrected chi connectivity index (χ1v) is 9.72. The van der Waals surface area contributed by atoms with Crippen LogP contribution in [-0.4, -0.2) is 37.5 Å². The van der Waals surface area contributed by atoms with Crippen molar-refractivity contribution in [2.45, 2.75) is 6.54 Å². The third kappa shape index (κ3) is 3.35. The van der Waals surface area contributed by atoms with Crippen LogP contribution in [0.15, 0.2) is 59.4 Å². The molecule has 0 unspecified atom stereocenters. The minimum Gasteiger partial charge on any atom is -0.418 e. The Morgan fingerprint density at radius 2 is 2.00 bits per heavy atom. The fraction of sp³-hybridized carbons (Fsp3) is 0.136. The van der Waals surface area contributed by atoms with Gasteiger partial charge in [0.15, 0.2) is 11.3 Å². The number of aromatic nitrogens is 5. The van der Waals surface area contributed by atoms with Crippen molar-refractivity contribution in [1.29, 1.82) is 0 Å². The number of benzene rings is 1. The third-order valence-corrected chi connectivity index (χ3v) is 4.97. The third-order valence-electron chi connectivity index (χ3n) is 4.97. The lowest BCUT2D eigenvalue weighted by atomic mass is 10.1. The maximum atomic E-state index is 12.3. The second-order valence-corrected chi connectivity index (χ2v) is 7.03. The second kappa shape index (κ2) is 7.52. The summed E-state index contributed by atoms with van der Waals surface area (Å²) in [5.74, 6) is 0.864. The Morgan fingerprint density at radius 1 is 1.10 bits per heavy atom. The van der Waals surface area contributed by atoms with Gasteiger partial charge in [0.2, 0.25) is 5.89 Å². The standard InChI is InChI=1S/C22H19N7O2/c1-23-19-16-18(29(2)12-26-16)17-22(28-19)31-21(27-17)14-7-5-6-13(10-14)11-25-20(30)15-8-3-4-9-24-15/h3-10,12H,11H2,1-2H3,(H,23,28)(H,25,30). The molecule has 9 nitrogen and oxygen atoms in total. The van der Waals surface area contributed by atoms with Crippen molar-refractivity contribution in [1.82, 2.24) is 29.8 Å². The molecule has 0 aliphatic rings. The van der Waals surface area contributed by atoms with Gasteiger partial charge in [0, 0.05) is 32.4 Å². The van der Waals surface area contributed by atoms with Gasteiger partial charge in [-0.1, -0.05) is 18.2 Å². The topological polar surface area (TPSA) is 111 Å². The van der Waals surface area contributed by atoms with Crippen LogP contribution in [0.3, 0.4) is 0 Å². The van der Waals surface area contributed by atoms with E-state index in [1.54, 1.807) is 37.8 Å². The first-order valence-electron chi connectivity index (χ1n) is 9.72. The van der Waals surface area contributed by atoms with E-state index in [9.17, 15) is 4.79 Å². The summed E-state index contributed by atoms with van der Waals surface area (Å²) in [5.41, 5.74) is 4.76. The maximum absolute atomic E-state index is 12.3. The number of hydrogen-bond acceptors (Lipinski definition) is 7. The van der Waals surface area contributed by atoms with Gasteiger partial charge in [-0.15, -0.1) is 0 Å². The van der Waals surface area contributed by atoms with Crippen LogP contribution in [0, 0.1) is 0 Å². The van der Waals surface area contributed by atoms with Gasteiger partial charge in [-0.25, -0.2) is 9.97 Å². The molecule has 5 rings (SSSR count). The number of hydrogen-bond donors (Lipinski definition) is 2. The van der Waals surface area contributed by atoms with E-state index < -0.39 is 0 Å². The fourth-order valence-corrected chi connectivity index (χ4v) is 3.46. The molecule has 31 heavy (non-hydrogen) atoms. The Labute approximate surface area is 177 Å². The Morgan fingerprint density at radius 3 is 2.81 bits per heavy atom. The van der Waals surface area contributed by atoms with Crippen LogP contribution in [0.1, 0.15) is 16.1 Å². The summed E-state index contributed by atoms with van der Waals surface area (Å²) in [6, 6.07) is 12.9. The summed E-state index contributed by atoms with van der Waals surface area (Å²) in [4.78, 5) is 29.9. The van der Waals surface area contributed by atoms with Crippen molar-refractivity contribution in [2.75, 3.05) is 12.4 Å². The van der Waals surface area contributed by atoms with E-state index >= 15 is 0 Å². The highest BCUT2D eigenvalue weighted by Gasteiger charge is 2.18. The molecule has 1 amide bonds. The minimum atomic E-state index is -0.227. The van der Waals surface area contributed by atoms with Crippen molar-refractivity contribution in [3.8, 4) is 11.5 Å². The molecule has 1 aromatic carbocycles. The number of nitrogens with zero attached hydrogens (tertiary/aromatic N) is 5. The average Bonchev–Trinajstić information content (AvgIpc) is 3.41. The zero-order valence-electron chi connectivity index (χ0n) is 17.0. The van der Waals surface area contributed by atoms with E-state index in [2.05, 4.69) is 30.6 Å². The predicted octanol–water partition coefficient (Wildman–Crippen LogP) is 3.14. The Hall–Kier alpha value is -4.27. The highest BCUT2D eigenvalue weighted by molar-refractivity contribution is 6.03. The number of anilines is 1. The molecule has 4 heterocycles. The number of carbonyl (C=O) groups excluding carboxylic acids is 1. The van der Waals surface area contributed by atoms with Crippen molar-refractivity contribution < 1.29 is 9.21 Å². The second-order valence-electron chi connectivity index (χ2n) is 7.03. The molecule has 0 radical (unpaired) electrons. The van der Waals surface area contributed by atoms with Gasteiger partial charge in [-0.2, -0.15) is 4.98 Å². The van der Waals surface area contributed by atoms with Crippen molar-refractivity contribution in [3.63, 3.8) is 0 Å². The van der Waals surface area contributed by atoms with Crippen LogP contribution in [0.5, 0.6) is 0 Å². The molecular formula is C22H19N7O2. The molecule has 0 atom stereocenters. The number of fused-ring (bicyclic) bond motifs is 3. The van der Waals surface area contributed by atoms with Crippen molar-refractivity contribution in [2.24, 2.45) is 7.05 Å². The molecule has 0 fully saturated rings. The molecule has 0 aliphatic heterocycles. The van der Waals surface area contributed by atoms with Crippen LogP contribution in [-0.2, 0) is 13.6 Å². The molecule has 0 bridgehead atoms. The maximum Gasteiger partial charge on any atom is 0.270 e. The highest BCUT2D eigenvalue weighted by Crippen LogP contribution is 2.31. The molecule has 4 aromatic heterocycles. The van der Waals surface area contributed by atoms with Crippen molar-refractivity contribution >= 4 is 34.0 Å². The first kappa shape index (κ1) is 18.7. The zero-order valence-corrected chi connectivity index (χ0v) is 17.0. The van der Waals surface area contributed by atoms with Gasteiger partial charge in [-0.05, 0) is 29.8 Å². The van der Waals surface area contributed by atoms with E-state index in [4.69, 9.17) is 4.42 Å². The zero-order chi connectivity index (χ0) is 21.4. The van der Waals surface area contributed by atoms with Crippen LogP contribution in [0.2, 0.25) is 0 Å². The number of oxazole rings is 1. The molecule has 0 aliphatic carbocycles. The van der Waals surface area contributed by atoms with E-state index in [1.165, 1.54) is 0 Å². The van der Waals surface area contributed by atoms with E-state index in [-0.39, 0.29) is 5.91 Å². The van der Waals surface area contributed by atoms with E-state index in [0.717, 1.165) is 22.2 Å². The number of aryl methyl sites for hydroxylation is 1. The lowest BCUT2D eigenvalue weighted by Gasteiger charge is -2.05. The van der Waals surface area contributed by atoms with E-state index in [1.807, 2.05) is 35.9 Å². The monoisotopic (exact) mass is 413 g/mol. The Balaban J connectivity index is 1.46. The van der Waals surface area contributed by atoms with Gasteiger partial charge >= 0.3 is 0 Å². The number of amides is 1. The normalized spacial score (nSPS) is 11.2. The summed E-state index contributed by atoms with van der Waals surface area (Å²) in [6.45, 7) is 0.359. The molecule has 0 spiro atoms. The number of rotatable bonds is 5. The Kier molecular flexibility index (Phi) is 4.55. The SMILES string of the molecule is CNc1nc2oc(-c3cccc(CNC(=O)c4ccccn4)c3)nc2c2c1ncn2C. The smallest absolute Gasteiger partial charge is 0.270 e.